The number of terminal acetylenes is 1. The van der Waals surface area contributed by atoms with Gasteiger partial charge in [0.1, 0.15) is 12.4 Å². The van der Waals surface area contributed by atoms with Crippen molar-refractivity contribution in [1.82, 2.24) is 9.88 Å². The Kier molecular flexibility index (Phi) is 33.6. The van der Waals surface area contributed by atoms with Crippen molar-refractivity contribution >= 4 is 22.5 Å². The number of ether oxygens (including phenoxy) is 3. The van der Waals surface area contributed by atoms with E-state index in [1.165, 1.54) is 33.3 Å². The van der Waals surface area contributed by atoms with Gasteiger partial charge in [-0.25, -0.2) is 0 Å². The molecular formula is C89H31ClN2O3. The number of methoxy groups -OCH3 is 2. The van der Waals surface area contributed by atoms with Crippen molar-refractivity contribution in [3.8, 4) is 373 Å². The predicted octanol–water partition coefficient (Wildman–Crippen LogP) is 6.81. The maximum atomic E-state index is 6.18. The second-order valence-corrected chi connectivity index (χ2v) is 17.0. The molecule has 1 atom stereocenters. The average molecular weight is 1210 g/mol. The minimum Gasteiger partial charge on any atom is -0.497 e. The van der Waals surface area contributed by atoms with Gasteiger partial charge in [0, 0.05) is 289 Å². The number of rotatable bonds is 5. The summed E-state index contributed by atoms with van der Waals surface area (Å²) in [6.45, 7) is 4.11. The van der Waals surface area contributed by atoms with Crippen LogP contribution in [0.3, 0.4) is 0 Å². The van der Waals surface area contributed by atoms with E-state index >= 15 is 0 Å². The smallest absolute Gasteiger partial charge is 0.161 e. The van der Waals surface area contributed by atoms with Gasteiger partial charge in [0.25, 0.3) is 0 Å². The predicted molar refractivity (Wildman–Crippen MR) is 374 cm³/mol. The van der Waals surface area contributed by atoms with E-state index < -0.39 is 0 Å². The molecule has 422 valence electrons. The number of benzene rings is 3. The third kappa shape index (κ3) is 29.5. The fourth-order valence-electron chi connectivity index (χ4n) is 7.19. The summed E-state index contributed by atoms with van der Waals surface area (Å²) in [5.74, 6) is 149. The first-order valence-electron chi connectivity index (χ1n) is 26.9. The largest absolute Gasteiger partial charge is 0.497 e. The maximum absolute atomic E-state index is 6.18. The van der Waals surface area contributed by atoms with Crippen LogP contribution in [0.15, 0.2) is 54.6 Å². The number of fused-ring (bicyclic) bond motifs is 6. The molecule has 1 aromatic heterocycles. The van der Waals surface area contributed by atoms with Crippen LogP contribution >= 0.6 is 11.6 Å². The summed E-state index contributed by atoms with van der Waals surface area (Å²) >= 11 is 6.01. The molecule has 95 heavy (non-hydrogen) atoms. The second kappa shape index (κ2) is 45.9. The van der Waals surface area contributed by atoms with Gasteiger partial charge in [-0.15, -0.1) is 6.42 Å². The molecule has 0 amide bonds. The van der Waals surface area contributed by atoms with Crippen molar-refractivity contribution in [3.63, 3.8) is 0 Å². The van der Waals surface area contributed by atoms with Gasteiger partial charge < -0.3 is 19.2 Å². The number of nitrogens with zero attached hydrogens (tertiary/aromatic N) is 1. The highest BCUT2D eigenvalue weighted by Crippen LogP contribution is 2.44. The van der Waals surface area contributed by atoms with Gasteiger partial charge in [-0.3, -0.25) is 4.90 Å². The Morgan fingerprint density at radius 2 is 0.789 bits per heavy atom. The van der Waals surface area contributed by atoms with E-state index in [0.29, 0.717) is 12.6 Å². The molecule has 3 aromatic carbocycles. The number of aromatic amines is 1. The average Bonchev–Trinajstić information content (AvgIpc) is 1.70. The molecule has 2 aliphatic heterocycles. The minimum absolute atomic E-state index is 0.320. The van der Waals surface area contributed by atoms with E-state index in [1.807, 2.05) is 30.3 Å². The van der Waals surface area contributed by atoms with E-state index in [-0.39, 0.29) is 0 Å². The Morgan fingerprint density at radius 1 is 0.432 bits per heavy atom. The Labute approximate surface area is 563 Å². The number of halogens is 1. The van der Waals surface area contributed by atoms with Crippen LogP contribution in [0, 0.1) is 356 Å². The number of hydrogen-bond acceptors (Lipinski definition) is 4. The highest BCUT2D eigenvalue weighted by molar-refractivity contribution is 6.30. The van der Waals surface area contributed by atoms with Crippen molar-refractivity contribution in [1.29, 1.82) is 0 Å². The SMILES string of the molecule is C#CC#CC#CC#CC#CC#CC#CC#CC#CC#CC#CC#CC#CC#CC#CC#CC#CC#CC#CC#CC#CC#CC#CC#CC#CC#CC#CC#CC#CC#CC.COc1ccc2[nH]c3c(c2c1)CC1c2cc(OC)c(OCc4ccc(Cl)cc4)cc2CCN1C3. The summed E-state index contributed by atoms with van der Waals surface area (Å²) in [5.41, 5.74) is 7.64. The minimum atomic E-state index is 0.320. The molecule has 6 heteroatoms. The topological polar surface area (TPSA) is 46.7 Å². The molecule has 4 aromatic rings. The van der Waals surface area contributed by atoms with Crippen molar-refractivity contribution < 1.29 is 14.2 Å². The highest BCUT2D eigenvalue weighted by atomic mass is 35.5. The molecular weight excluding hydrogens is 1180 g/mol. The molecule has 0 fully saturated rings. The molecule has 0 aliphatic carbocycles. The van der Waals surface area contributed by atoms with Crippen LogP contribution in [-0.2, 0) is 26.0 Å². The van der Waals surface area contributed by atoms with Crippen molar-refractivity contribution in [3.05, 3.63) is 87.6 Å². The molecule has 0 saturated carbocycles. The molecule has 2 aliphatic rings. The normalized spacial score (nSPS) is 8.64. The standard InChI is InChI=1S/C61H4.C28H27ClN2O3/c1-3-5-7-9-11-13-15-17-19-21-23-25-27-29-31-33-35-37-39-41-43-45-47-49-51-53-55-57-59-61-60-58-56-54-52-50-48-46-44-42-40-38-36-34-32-30-28-26-24-22-20-18-16-14-12-10-8-6-4-2;1-32-20-7-8-24-22(12-20)23-13-26-21-14-27(33-2)28(34-16-17-3-5-19(29)6-4-17)11-18(21)9-10-31(26)15-25(23)30-24/h1H,2H3;3-8,11-12,14,26,30H,9-10,13,15-16H2,1-2H3. The first-order valence-corrected chi connectivity index (χ1v) is 27.3. The molecule has 6 rings (SSSR count). The Bertz CT molecular complexity index is 5890. The fraction of sp³-hybridized carbons (Fsp3) is 0.101. The monoisotopic (exact) mass is 1210 g/mol. The molecule has 0 radical (unpaired) electrons. The number of nitrogens with one attached hydrogen (secondary N) is 1. The van der Waals surface area contributed by atoms with E-state index in [2.05, 4.69) is 383 Å². The number of hydrogen-bond donors (Lipinski definition) is 1. The van der Waals surface area contributed by atoms with Crippen LogP contribution in [0.5, 0.6) is 17.2 Å². The number of H-pyrrole nitrogens is 1. The third-order valence-corrected chi connectivity index (χ3v) is 11.1. The second-order valence-electron chi connectivity index (χ2n) is 16.6. The van der Waals surface area contributed by atoms with E-state index in [0.717, 1.165) is 53.8 Å². The van der Waals surface area contributed by atoms with Gasteiger partial charge in [0.15, 0.2) is 11.5 Å². The summed E-state index contributed by atoms with van der Waals surface area (Å²) in [5, 5.41) is 1.99. The van der Waals surface area contributed by atoms with Gasteiger partial charge in [0.2, 0.25) is 0 Å². The van der Waals surface area contributed by atoms with Gasteiger partial charge in [0.05, 0.1) is 14.2 Å². The lowest BCUT2D eigenvalue weighted by Crippen LogP contribution is -2.39. The first-order chi connectivity index (χ1) is 47.0. The number of aromatic nitrogens is 1. The summed E-state index contributed by atoms with van der Waals surface area (Å²) in [4.78, 5) is 6.22. The zero-order valence-corrected chi connectivity index (χ0v) is 51.2. The molecule has 0 spiro atoms. The zero-order valence-electron chi connectivity index (χ0n) is 50.4. The zero-order chi connectivity index (χ0) is 67.0. The van der Waals surface area contributed by atoms with Gasteiger partial charge in [-0.05, 0) is 179 Å². The van der Waals surface area contributed by atoms with Crippen molar-refractivity contribution in [2.75, 3.05) is 20.8 Å². The van der Waals surface area contributed by atoms with Crippen LogP contribution in [0.4, 0.5) is 0 Å². The first kappa shape index (κ1) is 69.4. The maximum Gasteiger partial charge on any atom is 0.161 e. The Balaban J connectivity index is 0.000000397. The fourth-order valence-corrected chi connectivity index (χ4v) is 7.32. The summed E-state index contributed by atoms with van der Waals surface area (Å²) in [6, 6.07) is 18.7. The quantitative estimate of drug-likeness (QED) is 0.224. The molecule has 1 unspecified atom stereocenters. The molecule has 5 nitrogen and oxygen atoms in total. The van der Waals surface area contributed by atoms with Gasteiger partial charge in [-0.2, -0.15) is 0 Å². The van der Waals surface area contributed by atoms with Crippen LogP contribution in [-0.4, -0.2) is 30.6 Å². The Morgan fingerprint density at radius 3 is 1.13 bits per heavy atom. The summed E-state index contributed by atoms with van der Waals surface area (Å²) < 4.78 is 17.4. The van der Waals surface area contributed by atoms with Crippen molar-refractivity contribution in [2.24, 2.45) is 0 Å². The van der Waals surface area contributed by atoms with Crippen LogP contribution in [0.2, 0.25) is 5.02 Å². The molecule has 1 N–H and O–H groups in total. The lowest BCUT2D eigenvalue weighted by Gasteiger charge is -2.40. The third-order valence-electron chi connectivity index (χ3n) is 10.9. The lowest BCUT2D eigenvalue weighted by molar-refractivity contribution is 0.158. The van der Waals surface area contributed by atoms with Gasteiger partial charge in [-0.1, -0.05) is 29.7 Å². The van der Waals surface area contributed by atoms with E-state index in [1.54, 1.807) is 21.1 Å². The molecule has 3 heterocycles. The lowest BCUT2D eigenvalue weighted by atomic mass is 9.85. The summed E-state index contributed by atoms with van der Waals surface area (Å²) in [6.07, 6.45) is 6.90. The van der Waals surface area contributed by atoms with Crippen LogP contribution in [0.1, 0.15) is 40.9 Å². The highest BCUT2D eigenvalue weighted by Gasteiger charge is 2.35. The van der Waals surface area contributed by atoms with Crippen LogP contribution < -0.4 is 14.2 Å². The van der Waals surface area contributed by atoms with Gasteiger partial charge >= 0.3 is 0 Å². The molecule has 0 saturated heterocycles. The summed E-state index contributed by atoms with van der Waals surface area (Å²) in [7, 11) is 3.43. The molecule has 0 bridgehead atoms. The van der Waals surface area contributed by atoms with E-state index in [4.69, 9.17) is 32.2 Å². The van der Waals surface area contributed by atoms with E-state index in [9.17, 15) is 0 Å². The van der Waals surface area contributed by atoms with Crippen LogP contribution in [0.25, 0.3) is 10.9 Å². The van der Waals surface area contributed by atoms with Crippen molar-refractivity contribution in [2.45, 2.75) is 39.0 Å². The Hall–Kier alpha value is -16.4.